The molecule has 0 saturated carbocycles. The predicted molar refractivity (Wildman–Crippen MR) is 60.9 cm³/mol. The van der Waals surface area contributed by atoms with Crippen molar-refractivity contribution in [3.63, 3.8) is 0 Å². The summed E-state index contributed by atoms with van der Waals surface area (Å²) < 4.78 is 6.84. The van der Waals surface area contributed by atoms with Crippen molar-refractivity contribution in [2.24, 2.45) is 0 Å². The van der Waals surface area contributed by atoms with E-state index in [2.05, 4.69) is 34.7 Å². The molecule has 1 unspecified atom stereocenters. The minimum atomic E-state index is 0.532. The van der Waals surface area contributed by atoms with Crippen molar-refractivity contribution in [1.82, 2.24) is 0 Å². The summed E-state index contributed by atoms with van der Waals surface area (Å²) in [4.78, 5) is 0. The Morgan fingerprint density at radius 2 is 2.08 bits per heavy atom. The van der Waals surface area contributed by atoms with Crippen molar-refractivity contribution < 1.29 is 4.74 Å². The van der Waals surface area contributed by atoms with E-state index in [-0.39, 0.29) is 0 Å². The summed E-state index contributed by atoms with van der Waals surface area (Å²) >= 11 is 2.36. The van der Waals surface area contributed by atoms with Gasteiger partial charge in [0.2, 0.25) is 0 Å². The van der Waals surface area contributed by atoms with E-state index in [1.54, 1.807) is 0 Å². The summed E-state index contributed by atoms with van der Waals surface area (Å²) in [6.07, 6.45) is 11.3. The first-order chi connectivity index (χ1) is 5.93. The summed E-state index contributed by atoms with van der Waals surface area (Å²) in [6, 6.07) is 0. The SMILES string of the molecule is [124I]CCOC1CC/C=C/CCC1. The Morgan fingerprint density at radius 3 is 2.92 bits per heavy atom. The van der Waals surface area contributed by atoms with E-state index >= 15 is 0 Å². The topological polar surface area (TPSA) is 9.23 Å². The molecule has 1 nitrogen and oxygen atoms in total. The molecule has 1 aliphatic rings. The van der Waals surface area contributed by atoms with Crippen LogP contribution in [0, 0.1) is 0 Å². The second-order valence-corrected chi connectivity index (χ2v) is 4.24. The monoisotopic (exact) mass is 277 g/mol. The van der Waals surface area contributed by atoms with Crippen LogP contribution in [0.1, 0.15) is 32.1 Å². The molecule has 0 spiro atoms. The molecule has 0 saturated heterocycles. The van der Waals surface area contributed by atoms with Crippen LogP contribution in [-0.2, 0) is 4.74 Å². The summed E-state index contributed by atoms with van der Waals surface area (Å²) in [5, 5.41) is 0. The Balaban J connectivity index is 2.18. The van der Waals surface area contributed by atoms with Gasteiger partial charge in [-0.1, -0.05) is 34.7 Å². The maximum absolute atomic E-state index is 5.73. The molecule has 1 atom stereocenters. The van der Waals surface area contributed by atoms with Crippen LogP contribution in [0.15, 0.2) is 12.2 Å². The fourth-order valence-corrected chi connectivity index (χ4v) is 1.76. The fraction of sp³-hybridized carbons (Fsp3) is 0.800. The van der Waals surface area contributed by atoms with Crippen LogP contribution in [0.25, 0.3) is 0 Å². The third-order valence-corrected chi connectivity index (χ3v) is 2.59. The lowest BCUT2D eigenvalue weighted by Crippen LogP contribution is -2.14. The number of ether oxygens (including phenoxy) is 1. The highest BCUT2D eigenvalue weighted by Gasteiger charge is 2.08. The summed E-state index contributed by atoms with van der Waals surface area (Å²) in [5.74, 6) is 0. The second kappa shape index (κ2) is 6.89. The van der Waals surface area contributed by atoms with Crippen LogP contribution in [0.5, 0.6) is 0 Å². The summed E-state index contributed by atoms with van der Waals surface area (Å²) in [7, 11) is 0. The Labute approximate surface area is 88.7 Å². The third-order valence-electron chi connectivity index (χ3n) is 2.15. The molecule has 0 bridgehead atoms. The van der Waals surface area contributed by atoms with E-state index in [1.807, 2.05) is 0 Å². The highest BCUT2D eigenvalue weighted by Crippen LogP contribution is 2.15. The Kier molecular flexibility index (Phi) is 6.04. The third kappa shape index (κ3) is 4.45. The van der Waals surface area contributed by atoms with Crippen molar-refractivity contribution in [3.05, 3.63) is 12.2 Å². The molecule has 0 N–H and O–H groups in total. The molecule has 0 fully saturated rings. The normalized spacial score (nSPS) is 27.6. The van der Waals surface area contributed by atoms with Gasteiger partial charge < -0.3 is 4.74 Å². The molecule has 0 aromatic heterocycles. The molecule has 70 valence electrons. The average Bonchev–Trinajstić information content (AvgIpc) is 2.02. The predicted octanol–water partition coefficient (Wildman–Crippen LogP) is 3.33. The molecule has 0 aromatic carbocycles. The van der Waals surface area contributed by atoms with Gasteiger partial charge in [0.25, 0.3) is 0 Å². The molecule has 1 aliphatic carbocycles. The van der Waals surface area contributed by atoms with Gasteiger partial charge >= 0.3 is 0 Å². The molecule has 0 amide bonds. The lowest BCUT2D eigenvalue weighted by atomic mass is 10.0. The zero-order valence-corrected chi connectivity index (χ0v) is 9.63. The van der Waals surface area contributed by atoms with Crippen LogP contribution in [0.2, 0.25) is 0 Å². The van der Waals surface area contributed by atoms with Gasteiger partial charge in [0.1, 0.15) is 0 Å². The van der Waals surface area contributed by atoms with E-state index in [9.17, 15) is 0 Å². The molecule has 0 aromatic rings. The van der Waals surface area contributed by atoms with Crippen LogP contribution in [-0.4, -0.2) is 17.1 Å². The molecule has 0 radical (unpaired) electrons. The van der Waals surface area contributed by atoms with E-state index in [1.165, 1.54) is 32.1 Å². The van der Waals surface area contributed by atoms with E-state index in [0.717, 1.165) is 11.0 Å². The first kappa shape index (κ1) is 10.5. The lowest BCUT2D eigenvalue weighted by molar-refractivity contribution is 0.0524. The number of hydrogen-bond acceptors (Lipinski definition) is 1. The van der Waals surface area contributed by atoms with Gasteiger partial charge in [0, 0.05) is 4.43 Å². The number of hydrogen-bond donors (Lipinski definition) is 0. The van der Waals surface area contributed by atoms with Gasteiger partial charge in [-0.15, -0.1) is 0 Å². The molecular weight excluding hydrogens is 260 g/mol. The molecule has 1 rings (SSSR count). The minimum absolute atomic E-state index is 0.532. The maximum atomic E-state index is 5.73. The van der Waals surface area contributed by atoms with Gasteiger partial charge in [-0.3, -0.25) is 0 Å². The highest BCUT2D eigenvalue weighted by atomic mass is 124. The van der Waals surface area contributed by atoms with E-state index in [4.69, 9.17) is 4.74 Å². The Bertz CT molecular complexity index is 134. The molecule has 0 aliphatic heterocycles. The van der Waals surface area contributed by atoms with Gasteiger partial charge in [-0.05, 0) is 32.1 Å². The largest absolute Gasteiger partial charge is 0.377 e. The van der Waals surface area contributed by atoms with Crippen molar-refractivity contribution >= 4 is 22.6 Å². The zero-order valence-electron chi connectivity index (χ0n) is 7.47. The number of allylic oxidation sites excluding steroid dienone is 2. The lowest BCUT2D eigenvalue weighted by Gasteiger charge is -2.17. The fourth-order valence-electron chi connectivity index (χ4n) is 1.50. The molecule has 2 heteroatoms. The van der Waals surface area contributed by atoms with Crippen LogP contribution >= 0.6 is 22.6 Å². The van der Waals surface area contributed by atoms with Gasteiger partial charge in [-0.25, -0.2) is 0 Å². The quantitative estimate of drug-likeness (QED) is 0.437. The van der Waals surface area contributed by atoms with Gasteiger partial charge in [-0.2, -0.15) is 0 Å². The first-order valence-corrected chi connectivity index (χ1v) is 6.28. The van der Waals surface area contributed by atoms with Crippen molar-refractivity contribution in [2.45, 2.75) is 38.2 Å². The highest BCUT2D eigenvalue weighted by molar-refractivity contribution is 14.1. The van der Waals surface area contributed by atoms with Crippen molar-refractivity contribution in [1.29, 1.82) is 0 Å². The van der Waals surface area contributed by atoms with Crippen LogP contribution in [0.4, 0.5) is 0 Å². The van der Waals surface area contributed by atoms with Gasteiger partial charge in [0.05, 0.1) is 12.7 Å². The van der Waals surface area contributed by atoms with Crippen molar-refractivity contribution in [2.75, 3.05) is 11.0 Å². The van der Waals surface area contributed by atoms with Crippen LogP contribution in [0.3, 0.4) is 0 Å². The smallest absolute Gasteiger partial charge is 0.0578 e. The number of rotatable bonds is 3. The Hall–Kier alpha value is 0.430. The number of alkyl halides is 1. The average molecular weight is 277 g/mol. The van der Waals surface area contributed by atoms with E-state index < -0.39 is 0 Å². The maximum Gasteiger partial charge on any atom is 0.0578 e. The van der Waals surface area contributed by atoms with Gasteiger partial charge in [0.15, 0.2) is 0 Å². The molecular formula is C10H17IO. The summed E-state index contributed by atoms with van der Waals surface area (Å²) in [5.41, 5.74) is 0. The Morgan fingerprint density at radius 1 is 1.25 bits per heavy atom. The summed E-state index contributed by atoms with van der Waals surface area (Å²) in [6.45, 7) is 0.926. The van der Waals surface area contributed by atoms with Crippen LogP contribution < -0.4 is 0 Å². The second-order valence-electron chi connectivity index (χ2n) is 3.16. The van der Waals surface area contributed by atoms with E-state index in [0.29, 0.717) is 6.10 Å². The standard InChI is InChI=1S/C10H17IO/c11-8-9-12-10-6-4-2-1-3-5-7-10/h1-2,10H,3-9H2/b2-1+/i11-3. The number of halogens is 1. The molecule has 12 heavy (non-hydrogen) atoms. The van der Waals surface area contributed by atoms with Crippen molar-refractivity contribution in [3.8, 4) is 0 Å². The first-order valence-electron chi connectivity index (χ1n) is 4.76. The molecule has 0 heterocycles. The minimum Gasteiger partial charge on any atom is -0.377 e. The zero-order chi connectivity index (χ0) is 8.65.